The number of methoxy groups -OCH3 is 1. The van der Waals surface area contributed by atoms with Gasteiger partial charge in [-0.05, 0) is 105 Å². The summed E-state index contributed by atoms with van der Waals surface area (Å²) in [4.78, 5) is 29.0. The number of carbonyl (C=O) groups is 1. The standard InChI is InChI=1S/C37H40N6O2/c1-45-37(44)29-11-9-25(10-12-29)24-42-22-19-27(20-23-42)26-13-15-30(16-14-26)43-35(31-8-5-21-39-34(31)38)41-33-18-17-32(40-36(33)43)28-6-3-2-4-7-28/h2-8,13-18,21,25,27,29H,9-12,19-20,22-24H2,1H3,(H2,38,39). The Hall–Kier alpha value is -4.56. The number of hydrogen-bond acceptors (Lipinski definition) is 7. The summed E-state index contributed by atoms with van der Waals surface area (Å²) in [6.07, 6.45) is 8.19. The van der Waals surface area contributed by atoms with E-state index in [0.29, 0.717) is 17.7 Å². The number of nitrogen functional groups attached to an aromatic ring is 1. The molecule has 0 amide bonds. The van der Waals surface area contributed by atoms with Crippen LogP contribution in [-0.4, -0.2) is 57.1 Å². The van der Waals surface area contributed by atoms with Crippen molar-refractivity contribution in [2.75, 3.05) is 32.5 Å². The minimum atomic E-state index is -0.0351. The van der Waals surface area contributed by atoms with Gasteiger partial charge >= 0.3 is 5.97 Å². The molecule has 2 fully saturated rings. The van der Waals surface area contributed by atoms with E-state index in [1.807, 2.05) is 42.5 Å². The average Bonchev–Trinajstić information content (AvgIpc) is 3.48. The Morgan fingerprint density at radius 3 is 2.33 bits per heavy atom. The highest BCUT2D eigenvalue weighted by Gasteiger charge is 2.29. The summed E-state index contributed by atoms with van der Waals surface area (Å²) in [6, 6.07) is 27.0. The minimum Gasteiger partial charge on any atom is -0.469 e. The average molecular weight is 601 g/mol. The number of imidazole rings is 1. The monoisotopic (exact) mass is 600 g/mol. The Balaban J connectivity index is 1.10. The lowest BCUT2D eigenvalue weighted by Crippen LogP contribution is -2.38. The maximum absolute atomic E-state index is 11.9. The summed E-state index contributed by atoms with van der Waals surface area (Å²) in [7, 11) is 1.50. The van der Waals surface area contributed by atoms with Crippen molar-refractivity contribution in [3.8, 4) is 28.3 Å². The van der Waals surface area contributed by atoms with Gasteiger partial charge in [-0.2, -0.15) is 0 Å². The number of ether oxygens (including phenoxy) is 1. The van der Waals surface area contributed by atoms with Crippen molar-refractivity contribution >= 4 is 23.0 Å². The summed E-state index contributed by atoms with van der Waals surface area (Å²) in [5, 5.41) is 0. The molecule has 5 aromatic rings. The van der Waals surface area contributed by atoms with Gasteiger partial charge < -0.3 is 15.4 Å². The van der Waals surface area contributed by atoms with Crippen molar-refractivity contribution < 1.29 is 9.53 Å². The molecule has 0 radical (unpaired) electrons. The molecule has 230 valence electrons. The number of pyridine rings is 2. The van der Waals surface area contributed by atoms with E-state index in [1.165, 1.54) is 12.7 Å². The van der Waals surface area contributed by atoms with Gasteiger partial charge in [0.2, 0.25) is 0 Å². The summed E-state index contributed by atoms with van der Waals surface area (Å²) < 4.78 is 7.07. The number of benzene rings is 2. The number of nitrogens with zero attached hydrogens (tertiary/aromatic N) is 5. The molecule has 8 nitrogen and oxygen atoms in total. The van der Waals surface area contributed by atoms with Gasteiger partial charge in [0.15, 0.2) is 11.5 Å². The van der Waals surface area contributed by atoms with Gasteiger partial charge in [-0.25, -0.2) is 15.0 Å². The molecule has 2 N–H and O–H groups in total. The number of esters is 1. The molecule has 3 aromatic heterocycles. The number of rotatable bonds is 7. The molecule has 0 unspecified atom stereocenters. The van der Waals surface area contributed by atoms with Crippen LogP contribution < -0.4 is 5.73 Å². The van der Waals surface area contributed by atoms with Crippen molar-refractivity contribution in [1.29, 1.82) is 0 Å². The van der Waals surface area contributed by atoms with E-state index < -0.39 is 0 Å². The number of aromatic nitrogens is 4. The third-order valence-corrected chi connectivity index (χ3v) is 9.76. The van der Waals surface area contributed by atoms with E-state index in [-0.39, 0.29) is 11.9 Å². The smallest absolute Gasteiger partial charge is 0.308 e. The van der Waals surface area contributed by atoms with Crippen LogP contribution in [-0.2, 0) is 9.53 Å². The molecule has 2 aliphatic rings. The molecule has 0 bridgehead atoms. The van der Waals surface area contributed by atoms with Crippen LogP contribution in [0.2, 0.25) is 0 Å². The maximum atomic E-state index is 11.9. The van der Waals surface area contributed by atoms with Gasteiger partial charge in [-0.15, -0.1) is 0 Å². The number of anilines is 1. The Morgan fingerprint density at radius 2 is 1.62 bits per heavy atom. The van der Waals surface area contributed by atoms with Crippen molar-refractivity contribution in [3.05, 3.63) is 90.6 Å². The molecule has 0 spiro atoms. The molecule has 1 saturated carbocycles. The fourth-order valence-corrected chi connectivity index (χ4v) is 7.22. The number of nitrogens with two attached hydrogens (primary N) is 1. The van der Waals surface area contributed by atoms with E-state index in [0.717, 1.165) is 97.7 Å². The van der Waals surface area contributed by atoms with E-state index >= 15 is 0 Å². The highest BCUT2D eigenvalue weighted by atomic mass is 16.5. The molecule has 0 atom stereocenters. The first-order valence-corrected chi connectivity index (χ1v) is 16.1. The number of hydrogen-bond donors (Lipinski definition) is 1. The summed E-state index contributed by atoms with van der Waals surface area (Å²) in [5.41, 5.74) is 13.1. The Morgan fingerprint density at radius 1 is 0.867 bits per heavy atom. The third kappa shape index (κ3) is 6.07. The zero-order valence-electron chi connectivity index (χ0n) is 25.8. The summed E-state index contributed by atoms with van der Waals surface area (Å²) in [6.45, 7) is 3.38. The van der Waals surface area contributed by atoms with Gasteiger partial charge in [-0.1, -0.05) is 42.5 Å². The maximum Gasteiger partial charge on any atom is 0.308 e. The normalized spacial score (nSPS) is 19.5. The minimum absolute atomic E-state index is 0.0351. The van der Waals surface area contributed by atoms with Crippen molar-refractivity contribution in [1.82, 2.24) is 24.4 Å². The van der Waals surface area contributed by atoms with Crippen LogP contribution in [0.1, 0.15) is 50.0 Å². The third-order valence-electron chi connectivity index (χ3n) is 9.76. The first-order chi connectivity index (χ1) is 22.1. The molecule has 1 aliphatic carbocycles. The second-order valence-electron chi connectivity index (χ2n) is 12.5. The lowest BCUT2D eigenvalue weighted by Gasteiger charge is -2.36. The topological polar surface area (TPSA) is 99.2 Å². The molecule has 7 rings (SSSR count). The van der Waals surface area contributed by atoms with Gasteiger partial charge in [0.25, 0.3) is 0 Å². The zero-order chi connectivity index (χ0) is 30.8. The first kappa shape index (κ1) is 29.2. The van der Waals surface area contributed by atoms with Crippen molar-refractivity contribution in [2.45, 2.75) is 44.4 Å². The number of piperidine rings is 1. The molecular weight excluding hydrogens is 560 g/mol. The number of fused-ring (bicyclic) bond motifs is 1. The SMILES string of the molecule is COC(=O)C1CCC(CN2CCC(c3ccc(-n4c(-c5cccnc5N)nc5ccc(-c6ccccc6)nc54)cc3)CC2)CC1. The van der Waals surface area contributed by atoms with Gasteiger partial charge in [0.1, 0.15) is 11.3 Å². The predicted octanol–water partition coefficient (Wildman–Crippen LogP) is 6.89. The quantitative estimate of drug-likeness (QED) is 0.203. The van der Waals surface area contributed by atoms with Crippen LogP contribution in [0, 0.1) is 11.8 Å². The van der Waals surface area contributed by atoms with Crippen LogP contribution in [0.5, 0.6) is 0 Å². The van der Waals surface area contributed by atoms with Gasteiger partial charge in [0.05, 0.1) is 24.3 Å². The molecule has 2 aromatic carbocycles. The van der Waals surface area contributed by atoms with Crippen LogP contribution in [0.25, 0.3) is 39.5 Å². The van der Waals surface area contributed by atoms with Crippen LogP contribution >= 0.6 is 0 Å². The van der Waals surface area contributed by atoms with Crippen molar-refractivity contribution in [3.63, 3.8) is 0 Å². The lowest BCUT2D eigenvalue weighted by atomic mass is 9.81. The van der Waals surface area contributed by atoms with Crippen LogP contribution in [0.15, 0.2) is 85.1 Å². The second kappa shape index (κ2) is 12.8. The molecule has 4 heterocycles. The van der Waals surface area contributed by atoms with Gasteiger partial charge in [-0.3, -0.25) is 9.36 Å². The number of likely N-dealkylation sites (tertiary alicyclic amines) is 1. The fraction of sp³-hybridized carbons (Fsp3) is 0.351. The fourth-order valence-electron chi connectivity index (χ4n) is 7.22. The van der Waals surface area contributed by atoms with E-state index in [9.17, 15) is 4.79 Å². The zero-order valence-corrected chi connectivity index (χ0v) is 25.8. The largest absolute Gasteiger partial charge is 0.469 e. The molecule has 1 saturated heterocycles. The van der Waals surface area contributed by atoms with Crippen LogP contribution in [0.4, 0.5) is 5.82 Å². The first-order valence-electron chi connectivity index (χ1n) is 16.1. The number of carbonyl (C=O) groups excluding carboxylic acids is 1. The Bertz CT molecular complexity index is 1770. The van der Waals surface area contributed by atoms with Gasteiger partial charge in [0, 0.05) is 24.0 Å². The Kier molecular flexibility index (Phi) is 8.31. The van der Waals surface area contributed by atoms with E-state index in [2.05, 4.69) is 50.8 Å². The summed E-state index contributed by atoms with van der Waals surface area (Å²) >= 11 is 0. The molecular formula is C37H40N6O2. The highest BCUT2D eigenvalue weighted by Crippen LogP contribution is 2.35. The highest BCUT2D eigenvalue weighted by molar-refractivity contribution is 5.84. The summed E-state index contributed by atoms with van der Waals surface area (Å²) in [5.74, 6) is 2.46. The molecule has 1 aliphatic heterocycles. The second-order valence-corrected chi connectivity index (χ2v) is 12.5. The predicted molar refractivity (Wildman–Crippen MR) is 178 cm³/mol. The molecule has 45 heavy (non-hydrogen) atoms. The Labute approximate surface area is 264 Å². The van der Waals surface area contributed by atoms with E-state index in [4.69, 9.17) is 20.4 Å². The molecule has 8 heteroatoms. The van der Waals surface area contributed by atoms with Crippen molar-refractivity contribution in [2.24, 2.45) is 11.8 Å². The lowest BCUT2D eigenvalue weighted by molar-refractivity contribution is -0.146. The van der Waals surface area contributed by atoms with Crippen LogP contribution in [0.3, 0.4) is 0 Å². The van der Waals surface area contributed by atoms with E-state index in [1.54, 1.807) is 6.20 Å².